The van der Waals surface area contributed by atoms with Crippen LogP contribution >= 0.6 is 0 Å². The molecule has 1 heterocycles. The summed E-state index contributed by atoms with van der Waals surface area (Å²) in [6.45, 7) is 6.96. The maximum atomic E-state index is 12.0. The maximum Gasteiger partial charge on any atom is 0.165 e. The first-order valence-electron chi connectivity index (χ1n) is 6.49. The zero-order valence-electron chi connectivity index (χ0n) is 11.4. The van der Waals surface area contributed by atoms with Gasteiger partial charge in [0, 0.05) is 52.7 Å². The summed E-state index contributed by atoms with van der Waals surface area (Å²) in [5.41, 5.74) is 2.05. The van der Waals surface area contributed by atoms with Gasteiger partial charge in [-0.2, -0.15) is 0 Å². The summed E-state index contributed by atoms with van der Waals surface area (Å²) < 4.78 is 13.6. The second-order valence-electron chi connectivity index (χ2n) is 5.74. The highest BCUT2D eigenvalue weighted by atomic mass is 32.2. The normalized spacial score (nSPS) is 19.6. The molecule has 1 aliphatic carbocycles. The fraction of sp³-hybridized carbons (Fsp3) is 0.643. The first-order chi connectivity index (χ1) is 8.43. The summed E-state index contributed by atoms with van der Waals surface area (Å²) in [6.07, 6.45) is 3.53. The number of rotatable bonds is 4. The molecule has 0 aromatic carbocycles. The Labute approximate surface area is 111 Å². The number of ketones is 1. The Morgan fingerprint density at radius 1 is 1.39 bits per heavy atom. The van der Waals surface area contributed by atoms with Gasteiger partial charge in [-0.05, 0) is 17.9 Å². The van der Waals surface area contributed by atoms with Crippen LogP contribution in [0, 0.1) is 5.41 Å². The van der Waals surface area contributed by atoms with E-state index in [0.29, 0.717) is 17.9 Å². The summed E-state index contributed by atoms with van der Waals surface area (Å²) in [6, 6.07) is 1.92. The molecular weight excluding hydrogens is 246 g/mol. The number of aromatic nitrogens is 1. The molecule has 1 atom stereocenters. The molecule has 0 amide bonds. The van der Waals surface area contributed by atoms with E-state index in [4.69, 9.17) is 0 Å². The standard InChI is InChI=1S/C14H21NO2S/c1-4-18(17)8-7-15-6-5-11-12(15)9-14(2,3)10-13(11)16/h5-6H,4,7-10H2,1-3H3. The Bertz CT molecular complexity index is 488. The van der Waals surface area contributed by atoms with Gasteiger partial charge in [0.1, 0.15) is 0 Å². The van der Waals surface area contributed by atoms with Crippen molar-refractivity contribution in [2.24, 2.45) is 5.41 Å². The van der Waals surface area contributed by atoms with Crippen LogP contribution in [0.15, 0.2) is 12.3 Å². The van der Waals surface area contributed by atoms with Crippen molar-refractivity contribution in [3.05, 3.63) is 23.5 Å². The van der Waals surface area contributed by atoms with Crippen molar-refractivity contribution in [2.75, 3.05) is 11.5 Å². The van der Waals surface area contributed by atoms with Crippen molar-refractivity contribution in [1.29, 1.82) is 0 Å². The van der Waals surface area contributed by atoms with Gasteiger partial charge in [-0.3, -0.25) is 9.00 Å². The smallest absolute Gasteiger partial charge is 0.165 e. The van der Waals surface area contributed by atoms with Gasteiger partial charge in [-0.15, -0.1) is 0 Å². The molecule has 100 valence electrons. The lowest BCUT2D eigenvalue weighted by atomic mass is 9.76. The molecule has 0 N–H and O–H groups in total. The molecule has 1 aromatic heterocycles. The highest BCUT2D eigenvalue weighted by Gasteiger charge is 2.32. The van der Waals surface area contributed by atoms with E-state index in [9.17, 15) is 9.00 Å². The maximum absolute atomic E-state index is 12.0. The lowest BCUT2D eigenvalue weighted by Crippen LogP contribution is -2.28. The quantitative estimate of drug-likeness (QED) is 0.840. The van der Waals surface area contributed by atoms with E-state index in [1.165, 1.54) is 0 Å². The van der Waals surface area contributed by atoms with Crippen LogP contribution in [0.1, 0.15) is 43.2 Å². The van der Waals surface area contributed by atoms with Crippen molar-refractivity contribution in [3.63, 3.8) is 0 Å². The Morgan fingerprint density at radius 3 is 2.78 bits per heavy atom. The van der Waals surface area contributed by atoms with Crippen molar-refractivity contribution in [2.45, 2.75) is 40.2 Å². The molecule has 2 rings (SSSR count). The van der Waals surface area contributed by atoms with E-state index in [2.05, 4.69) is 18.4 Å². The molecule has 1 aromatic rings. The third-order valence-electron chi connectivity index (χ3n) is 3.55. The number of carbonyl (C=O) groups is 1. The second kappa shape index (κ2) is 5.00. The topological polar surface area (TPSA) is 39.1 Å². The largest absolute Gasteiger partial charge is 0.350 e. The summed E-state index contributed by atoms with van der Waals surface area (Å²) >= 11 is 0. The molecule has 18 heavy (non-hydrogen) atoms. The fourth-order valence-electron chi connectivity index (χ4n) is 2.56. The van der Waals surface area contributed by atoms with Gasteiger partial charge < -0.3 is 4.57 Å². The highest BCUT2D eigenvalue weighted by Crippen LogP contribution is 2.35. The van der Waals surface area contributed by atoms with Crippen molar-refractivity contribution in [1.82, 2.24) is 4.57 Å². The van der Waals surface area contributed by atoms with Gasteiger partial charge in [0.25, 0.3) is 0 Å². The van der Waals surface area contributed by atoms with E-state index in [0.717, 1.165) is 24.2 Å². The van der Waals surface area contributed by atoms with Gasteiger partial charge in [0.05, 0.1) is 0 Å². The van der Waals surface area contributed by atoms with Crippen LogP contribution in [0.5, 0.6) is 0 Å². The first kappa shape index (κ1) is 13.5. The predicted octanol–water partition coefficient (Wildman–Crippen LogP) is 2.41. The minimum absolute atomic E-state index is 0.0457. The number of Topliss-reactive ketones (excluding diaryl/α,β-unsaturated/α-hetero) is 1. The third-order valence-corrected chi connectivity index (χ3v) is 4.83. The van der Waals surface area contributed by atoms with Crippen LogP contribution < -0.4 is 0 Å². The SMILES string of the molecule is CCS(=O)CCn1ccc2c1CC(C)(C)CC2=O. The molecule has 1 aliphatic rings. The summed E-state index contributed by atoms with van der Waals surface area (Å²) in [5.74, 6) is 1.62. The zero-order valence-corrected chi connectivity index (χ0v) is 12.2. The summed E-state index contributed by atoms with van der Waals surface area (Å²) in [7, 11) is -0.746. The van der Waals surface area contributed by atoms with Crippen LogP contribution in [-0.4, -0.2) is 26.1 Å². The highest BCUT2D eigenvalue weighted by molar-refractivity contribution is 7.84. The molecule has 3 nitrogen and oxygen atoms in total. The molecular formula is C14H21NO2S. The lowest BCUT2D eigenvalue weighted by molar-refractivity contribution is 0.0910. The molecule has 0 aliphatic heterocycles. The van der Waals surface area contributed by atoms with E-state index in [-0.39, 0.29) is 11.2 Å². The van der Waals surface area contributed by atoms with Gasteiger partial charge in [0.15, 0.2) is 5.78 Å². The summed E-state index contributed by atoms with van der Waals surface area (Å²) in [4.78, 5) is 12.0. The molecule has 0 bridgehead atoms. The van der Waals surface area contributed by atoms with Crippen molar-refractivity contribution >= 4 is 16.6 Å². The molecule has 0 radical (unpaired) electrons. The number of fused-ring (bicyclic) bond motifs is 1. The molecule has 1 unspecified atom stereocenters. The van der Waals surface area contributed by atoms with Gasteiger partial charge >= 0.3 is 0 Å². The van der Waals surface area contributed by atoms with Gasteiger partial charge in [-0.1, -0.05) is 20.8 Å². The summed E-state index contributed by atoms with van der Waals surface area (Å²) in [5, 5.41) is 0. The monoisotopic (exact) mass is 267 g/mol. The molecule has 0 spiro atoms. The van der Waals surface area contributed by atoms with Crippen molar-refractivity contribution in [3.8, 4) is 0 Å². The first-order valence-corrected chi connectivity index (χ1v) is 7.98. The van der Waals surface area contributed by atoms with Crippen molar-refractivity contribution < 1.29 is 9.00 Å². The number of nitrogens with zero attached hydrogens (tertiary/aromatic N) is 1. The van der Waals surface area contributed by atoms with Crippen LogP contribution in [-0.2, 0) is 23.8 Å². The van der Waals surface area contributed by atoms with E-state index < -0.39 is 10.8 Å². The van der Waals surface area contributed by atoms with Crippen LogP contribution in [0.25, 0.3) is 0 Å². The average Bonchev–Trinajstić information content (AvgIpc) is 2.67. The molecule has 0 saturated carbocycles. The second-order valence-corrected chi connectivity index (χ2v) is 7.61. The van der Waals surface area contributed by atoms with E-state index >= 15 is 0 Å². The Kier molecular flexibility index (Phi) is 3.76. The average molecular weight is 267 g/mol. The Hall–Kier alpha value is -0.900. The van der Waals surface area contributed by atoms with Crippen LogP contribution in [0.4, 0.5) is 0 Å². The van der Waals surface area contributed by atoms with Gasteiger partial charge in [0.2, 0.25) is 0 Å². The lowest BCUT2D eigenvalue weighted by Gasteiger charge is -2.29. The minimum atomic E-state index is -0.746. The third kappa shape index (κ3) is 2.74. The molecule has 0 fully saturated rings. The van der Waals surface area contributed by atoms with Gasteiger partial charge in [-0.25, -0.2) is 0 Å². The molecule has 4 heteroatoms. The Balaban J connectivity index is 2.20. The Morgan fingerprint density at radius 2 is 2.11 bits per heavy atom. The van der Waals surface area contributed by atoms with E-state index in [1.54, 1.807) is 0 Å². The number of hydrogen-bond acceptors (Lipinski definition) is 2. The predicted molar refractivity (Wildman–Crippen MR) is 74.4 cm³/mol. The minimum Gasteiger partial charge on any atom is -0.350 e. The number of aryl methyl sites for hydroxylation is 1. The van der Waals surface area contributed by atoms with Crippen LogP contribution in [0.3, 0.4) is 0 Å². The van der Waals surface area contributed by atoms with E-state index in [1.807, 2.05) is 19.2 Å². The molecule has 0 saturated heterocycles. The number of hydrogen-bond donors (Lipinski definition) is 0. The fourth-order valence-corrected chi connectivity index (χ4v) is 3.24. The zero-order chi connectivity index (χ0) is 13.3. The van der Waals surface area contributed by atoms with Crippen LogP contribution in [0.2, 0.25) is 0 Å². The number of carbonyl (C=O) groups excluding carboxylic acids is 1.